The molecule has 0 bridgehead atoms. The fourth-order valence-electron chi connectivity index (χ4n) is 1.64. The van der Waals surface area contributed by atoms with E-state index in [1.807, 2.05) is 28.9 Å². The first-order valence-corrected chi connectivity index (χ1v) is 5.11. The molecule has 0 aromatic carbocycles. The van der Waals surface area contributed by atoms with E-state index in [9.17, 15) is 4.39 Å². The molecule has 4 nitrogen and oxygen atoms in total. The fraction of sp³-hybridized carbons (Fsp3) is 0. The zero-order valence-electron chi connectivity index (χ0n) is 8.84. The predicted molar refractivity (Wildman–Crippen MR) is 62.7 cm³/mol. The van der Waals surface area contributed by atoms with Crippen LogP contribution in [-0.4, -0.2) is 14.4 Å². The molecule has 0 amide bonds. The van der Waals surface area contributed by atoms with Gasteiger partial charge in [0.2, 0.25) is 0 Å². The molecule has 0 fully saturated rings. The largest absolute Gasteiger partial charge is 0.353 e. The van der Waals surface area contributed by atoms with E-state index >= 15 is 0 Å². The molecule has 3 aromatic heterocycles. The predicted octanol–water partition coefficient (Wildman–Crippen LogP) is 2.61. The molecule has 3 rings (SSSR count). The molecule has 0 atom stereocenters. The second-order valence-corrected chi connectivity index (χ2v) is 3.63. The van der Waals surface area contributed by atoms with Gasteiger partial charge >= 0.3 is 0 Å². The second-order valence-electron chi connectivity index (χ2n) is 3.63. The maximum atomic E-state index is 13.0. The summed E-state index contributed by atoms with van der Waals surface area (Å²) in [6.45, 7) is 0. The lowest BCUT2D eigenvalue weighted by Gasteiger charge is -2.06. The summed E-state index contributed by atoms with van der Waals surface area (Å²) in [4.78, 5) is 7.92. The Kier molecular flexibility index (Phi) is 2.22. The number of halogens is 1. The maximum Gasteiger partial charge on any atom is 0.143 e. The zero-order chi connectivity index (χ0) is 11.7. The van der Waals surface area contributed by atoms with Crippen LogP contribution in [0.5, 0.6) is 0 Å². The van der Waals surface area contributed by atoms with Crippen LogP contribution in [0.1, 0.15) is 0 Å². The second kappa shape index (κ2) is 3.86. The van der Waals surface area contributed by atoms with Gasteiger partial charge < -0.3 is 9.72 Å². The molecule has 17 heavy (non-hydrogen) atoms. The SMILES string of the molecule is Fc1cncc(Nc2ccc3nccn3c2)c1. The van der Waals surface area contributed by atoms with Gasteiger partial charge in [-0.3, -0.25) is 4.98 Å². The van der Waals surface area contributed by atoms with Crippen molar-refractivity contribution in [2.24, 2.45) is 0 Å². The number of nitrogens with zero attached hydrogens (tertiary/aromatic N) is 3. The molecule has 0 aliphatic heterocycles. The fourth-order valence-corrected chi connectivity index (χ4v) is 1.64. The highest BCUT2D eigenvalue weighted by Crippen LogP contribution is 2.16. The van der Waals surface area contributed by atoms with Gasteiger partial charge in [-0.2, -0.15) is 0 Å². The Morgan fingerprint density at radius 1 is 1.18 bits per heavy atom. The quantitative estimate of drug-likeness (QED) is 0.733. The molecule has 5 heteroatoms. The molecule has 0 saturated heterocycles. The number of hydrogen-bond donors (Lipinski definition) is 1. The Balaban J connectivity index is 1.94. The molecule has 0 unspecified atom stereocenters. The number of anilines is 2. The number of nitrogens with one attached hydrogen (secondary N) is 1. The normalized spacial score (nSPS) is 10.6. The van der Waals surface area contributed by atoms with Crippen molar-refractivity contribution < 1.29 is 4.39 Å². The highest BCUT2D eigenvalue weighted by Gasteiger charge is 1.99. The van der Waals surface area contributed by atoms with Crippen LogP contribution in [0.25, 0.3) is 5.65 Å². The first-order chi connectivity index (χ1) is 8.31. The average Bonchev–Trinajstić information content (AvgIpc) is 2.76. The number of imidazole rings is 1. The monoisotopic (exact) mass is 228 g/mol. The zero-order valence-corrected chi connectivity index (χ0v) is 8.84. The molecule has 0 spiro atoms. The highest BCUT2D eigenvalue weighted by molar-refractivity contribution is 5.60. The molecule has 0 saturated carbocycles. The van der Waals surface area contributed by atoms with Crippen molar-refractivity contribution in [2.75, 3.05) is 5.32 Å². The third-order valence-electron chi connectivity index (χ3n) is 2.38. The summed E-state index contributed by atoms with van der Waals surface area (Å²) in [5.41, 5.74) is 2.33. The number of hydrogen-bond acceptors (Lipinski definition) is 3. The summed E-state index contributed by atoms with van der Waals surface area (Å²) < 4.78 is 14.8. The Hall–Kier alpha value is -2.43. The lowest BCUT2D eigenvalue weighted by molar-refractivity contribution is 0.622. The minimum atomic E-state index is -0.362. The number of rotatable bonds is 2. The van der Waals surface area contributed by atoms with Crippen LogP contribution in [0.2, 0.25) is 0 Å². The van der Waals surface area contributed by atoms with E-state index in [1.165, 1.54) is 12.3 Å². The standard InChI is InChI=1S/C12H9FN4/c13-9-5-11(7-14-6-9)16-10-1-2-12-15-3-4-17(12)8-10/h1-8,16H. The first-order valence-electron chi connectivity index (χ1n) is 5.11. The summed E-state index contributed by atoms with van der Waals surface area (Å²) in [5.74, 6) is -0.362. The van der Waals surface area contributed by atoms with Gasteiger partial charge in [-0.1, -0.05) is 0 Å². The van der Waals surface area contributed by atoms with Crippen LogP contribution in [0.15, 0.2) is 49.2 Å². The summed E-state index contributed by atoms with van der Waals surface area (Å²) in [6, 6.07) is 5.16. The molecule has 0 aliphatic carbocycles. The number of fused-ring (bicyclic) bond motifs is 1. The van der Waals surface area contributed by atoms with Gasteiger partial charge in [0, 0.05) is 24.7 Å². The number of aromatic nitrogens is 3. The maximum absolute atomic E-state index is 13.0. The van der Waals surface area contributed by atoms with Crippen molar-refractivity contribution in [3.8, 4) is 0 Å². The third kappa shape index (κ3) is 1.94. The molecule has 3 aromatic rings. The minimum absolute atomic E-state index is 0.362. The van der Waals surface area contributed by atoms with Crippen molar-refractivity contribution in [1.82, 2.24) is 14.4 Å². The van der Waals surface area contributed by atoms with Crippen molar-refractivity contribution in [1.29, 1.82) is 0 Å². The molecule has 84 valence electrons. The lowest BCUT2D eigenvalue weighted by Crippen LogP contribution is -1.94. The van der Waals surface area contributed by atoms with Gasteiger partial charge in [-0.15, -0.1) is 0 Å². The van der Waals surface area contributed by atoms with Crippen molar-refractivity contribution in [3.05, 3.63) is 55.0 Å². The first kappa shape index (κ1) is 9.77. The van der Waals surface area contributed by atoms with Crippen molar-refractivity contribution in [2.45, 2.75) is 0 Å². The van der Waals surface area contributed by atoms with Gasteiger partial charge in [0.05, 0.1) is 23.8 Å². The number of pyridine rings is 2. The molecular weight excluding hydrogens is 219 g/mol. The minimum Gasteiger partial charge on any atom is -0.353 e. The van der Waals surface area contributed by atoms with Crippen LogP contribution in [0, 0.1) is 5.82 Å². The van der Waals surface area contributed by atoms with Gasteiger partial charge in [0.15, 0.2) is 0 Å². The van der Waals surface area contributed by atoms with E-state index in [2.05, 4.69) is 15.3 Å². The van der Waals surface area contributed by atoms with Crippen LogP contribution in [0.4, 0.5) is 15.8 Å². The van der Waals surface area contributed by atoms with Gasteiger partial charge in [0.1, 0.15) is 11.5 Å². The van der Waals surface area contributed by atoms with Gasteiger partial charge in [-0.25, -0.2) is 9.37 Å². The van der Waals surface area contributed by atoms with Crippen LogP contribution >= 0.6 is 0 Å². The molecule has 3 heterocycles. The van der Waals surface area contributed by atoms with Crippen LogP contribution in [0.3, 0.4) is 0 Å². The Morgan fingerprint density at radius 2 is 2.12 bits per heavy atom. The van der Waals surface area contributed by atoms with Crippen molar-refractivity contribution >= 4 is 17.0 Å². The third-order valence-corrected chi connectivity index (χ3v) is 2.38. The van der Waals surface area contributed by atoms with Gasteiger partial charge in [0.25, 0.3) is 0 Å². The van der Waals surface area contributed by atoms with Crippen LogP contribution in [-0.2, 0) is 0 Å². The smallest absolute Gasteiger partial charge is 0.143 e. The average molecular weight is 228 g/mol. The molecular formula is C12H9FN4. The topological polar surface area (TPSA) is 42.2 Å². The summed E-state index contributed by atoms with van der Waals surface area (Å²) >= 11 is 0. The molecule has 1 N–H and O–H groups in total. The van der Waals surface area contributed by atoms with E-state index in [0.717, 1.165) is 11.3 Å². The van der Waals surface area contributed by atoms with E-state index in [4.69, 9.17) is 0 Å². The Labute approximate surface area is 96.8 Å². The van der Waals surface area contributed by atoms with E-state index < -0.39 is 0 Å². The van der Waals surface area contributed by atoms with Crippen LogP contribution < -0.4 is 5.32 Å². The van der Waals surface area contributed by atoms with E-state index in [-0.39, 0.29) is 5.82 Å². The molecule has 0 radical (unpaired) electrons. The highest BCUT2D eigenvalue weighted by atomic mass is 19.1. The summed E-state index contributed by atoms with van der Waals surface area (Å²) in [6.07, 6.45) is 8.20. The summed E-state index contributed by atoms with van der Waals surface area (Å²) in [7, 11) is 0. The summed E-state index contributed by atoms with van der Waals surface area (Å²) in [5, 5.41) is 3.08. The lowest BCUT2D eigenvalue weighted by atomic mass is 10.3. The van der Waals surface area contributed by atoms with E-state index in [0.29, 0.717) is 5.69 Å². The Bertz CT molecular complexity index is 662. The molecule has 0 aliphatic rings. The van der Waals surface area contributed by atoms with Gasteiger partial charge in [-0.05, 0) is 12.1 Å². The van der Waals surface area contributed by atoms with Crippen molar-refractivity contribution in [3.63, 3.8) is 0 Å². The Morgan fingerprint density at radius 3 is 3.00 bits per heavy atom. The van der Waals surface area contributed by atoms with E-state index in [1.54, 1.807) is 12.4 Å².